The first-order valence-electron chi connectivity index (χ1n) is 4.66. The lowest BCUT2D eigenvalue weighted by Crippen LogP contribution is -2.41. The first-order valence-corrected chi connectivity index (χ1v) is 6.62. The zero-order valence-electron chi connectivity index (χ0n) is 9.19. The Bertz CT molecular complexity index is 301. The van der Waals surface area contributed by atoms with E-state index in [-0.39, 0.29) is 17.6 Å². The predicted molar refractivity (Wildman–Crippen MR) is 64.3 cm³/mol. The third-order valence-electron chi connectivity index (χ3n) is 1.72. The molecular weight excluding hydrogens is 236 g/mol. The van der Waals surface area contributed by atoms with E-state index >= 15 is 0 Å². The van der Waals surface area contributed by atoms with Crippen LogP contribution in [0, 0.1) is 0 Å². The summed E-state index contributed by atoms with van der Waals surface area (Å²) in [6.45, 7) is 5.78. The van der Waals surface area contributed by atoms with Gasteiger partial charge in [-0.15, -0.1) is 0 Å². The summed E-state index contributed by atoms with van der Waals surface area (Å²) >= 11 is 4.61. The van der Waals surface area contributed by atoms with Crippen LogP contribution in [0.3, 0.4) is 0 Å². The number of hydrogen-bond donors (Lipinski definition) is 2. The quantitative estimate of drug-likeness (QED) is 0.494. The first kappa shape index (κ1) is 14.8. The molecule has 90 valence electrons. The number of hydrogen-bond acceptors (Lipinski definition) is 4. The number of rotatable bonds is 7. The van der Waals surface area contributed by atoms with Gasteiger partial charge in [-0.25, -0.2) is 13.1 Å². The Labute approximate surface area is 96.4 Å². The van der Waals surface area contributed by atoms with Gasteiger partial charge in [-0.3, -0.25) is 0 Å². The van der Waals surface area contributed by atoms with Gasteiger partial charge in [0, 0.05) is 6.54 Å². The second-order valence-electron chi connectivity index (χ2n) is 3.40. The van der Waals surface area contributed by atoms with Crippen LogP contribution in [0.1, 0.15) is 20.8 Å². The highest BCUT2D eigenvalue weighted by atomic mass is 32.2. The Morgan fingerprint density at radius 2 is 2.00 bits per heavy atom. The summed E-state index contributed by atoms with van der Waals surface area (Å²) in [6.07, 6.45) is 0.0857. The normalized spacial score (nSPS) is 14.1. The number of sulfonamides is 1. The Kier molecular flexibility index (Phi) is 6.26. The molecule has 1 atom stereocenters. The fourth-order valence-electron chi connectivity index (χ4n) is 0.756. The van der Waals surface area contributed by atoms with Crippen LogP contribution in [0.15, 0.2) is 0 Å². The van der Waals surface area contributed by atoms with Crippen molar-refractivity contribution in [1.82, 2.24) is 4.72 Å². The monoisotopic (exact) mass is 254 g/mol. The van der Waals surface area contributed by atoms with Gasteiger partial charge in [-0.05, 0) is 20.8 Å². The molecule has 0 saturated heterocycles. The zero-order valence-corrected chi connectivity index (χ0v) is 10.8. The molecule has 7 heteroatoms. The van der Waals surface area contributed by atoms with Gasteiger partial charge < -0.3 is 10.5 Å². The second kappa shape index (κ2) is 6.37. The molecule has 0 radical (unpaired) electrons. The fraction of sp³-hybridized carbons (Fsp3) is 0.875. The average molecular weight is 254 g/mol. The lowest BCUT2D eigenvalue weighted by Gasteiger charge is -2.13. The Hall–Kier alpha value is -0.240. The van der Waals surface area contributed by atoms with Crippen molar-refractivity contribution in [1.29, 1.82) is 0 Å². The minimum atomic E-state index is -3.45. The molecule has 0 spiro atoms. The van der Waals surface area contributed by atoms with Crippen LogP contribution in [-0.4, -0.2) is 37.9 Å². The van der Waals surface area contributed by atoms with Crippen molar-refractivity contribution in [3.05, 3.63) is 0 Å². The van der Waals surface area contributed by atoms with Crippen LogP contribution in [0.2, 0.25) is 0 Å². The molecule has 0 saturated carbocycles. The maximum atomic E-state index is 11.5. The molecule has 0 fully saturated rings. The van der Waals surface area contributed by atoms with Crippen molar-refractivity contribution in [2.75, 3.05) is 13.2 Å². The van der Waals surface area contributed by atoms with Gasteiger partial charge in [-0.1, -0.05) is 12.2 Å². The van der Waals surface area contributed by atoms with Crippen LogP contribution >= 0.6 is 12.2 Å². The number of ether oxygens (including phenoxy) is 1. The highest BCUT2D eigenvalue weighted by Crippen LogP contribution is 1.98. The van der Waals surface area contributed by atoms with Crippen LogP contribution < -0.4 is 10.5 Å². The van der Waals surface area contributed by atoms with Gasteiger partial charge in [0.05, 0.1) is 17.7 Å². The summed E-state index contributed by atoms with van der Waals surface area (Å²) in [5.74, 6) is 0. The molecule has 0 aromatic carbocycles. The van der Waals surface area contributed by atoms with Crippen LogP contribution in [-0.2, 0) is 14.8 Å². The summed E-state index contributed by atoms with van der Waals surface area (Å²) in [5, 5.41) is -0.855. The van der Waals surface area contributed by atoms with Gasteiger partial charge in [0.2, 0.25) is 10.0 Å². The van der Waals surface area contributed by atoms with Gasteiger partial charge >= 0.3 is 0 Å². The molecule has 0 aliphatic heterocycles. The third kappa shape index (κ3) is 6.03. The summed E-state index contributed by atoms with van der Waals surface area (Å²) in [4.78, 5) is -0.0349. The highest BCUT2D eigenvalue weighted by molar-refractivity contribution is 7.93. The van der Waals surface area contributed by atoms with Gasteiger partial charge in [-0.2, -0.15) is 0 Å². The molecule has 0 rings (SSSR count). The van der Waals surface area contributed by atoms with E-state index in [0.717, 1.165) is 0 Å². The van der Waals surface area contributed by atoms with E-state index in [1.807, 2.05) is 13.8 Å². The molecular formula is C8H18N2O3S2. The lowest BCUT2D eigenvalue weighted by atomic mass is 10.5. The highest BCUT2D eigenvalue weighted by Gasteiger charge is 2.22. The molecule has 15 heavy (non-hydrogen) atoms. The van der Waals surface area contributed by atoms with Crippen molar-refractivity contribution in [2.24, 2.45) is 5.73 Å². The number of nitrogens with two attached hydrogens (primary N) is 1. The van der Waals surface area contributed by atoms with Crippen molar-refractivity contribution < 1.29 is 13.2 Å². The minimum absolute atomic E-state index is 0.0349. The SMILES string of the molecule is CC(C)OCCNS(=O)(=O)C(C)C(N)=S. The maximum absolute atomic E-state index is 11.5. The largest absolute Gasteiger partial charge is 0.392 e. The molecule has 0 aliphatic rings. The second-order valence-corrected chi connectivity index (χ2v) is 5.96. The van der Waals surface area contributed by atoms with Crippen molar-refractivity contribution in [3.8, 4) is 0 Å². The molecule has 0 bridgehead atoms. The van der Waals surface area contributed by atoms with E-state index in [2.05, 4.69) is 16.9 Å². The van der Waals surface area contributed by atoms with E-state index < -0.39 is 15.3 Å². The molecule has 3 N–H and O–H groups in total. The van der Waals surface area contributed by atoms with E-state index in [1.165, 1.54) is 6.92 Å². The summed E-state index contributed by atoms with van der Waals surface area (Å²) < 4.78 is 30.5. The van der Waals surface area contributed by atoms with E-state index in [9.17, 15) is 8.42 Å². The number of thiocarbonyl (C=S) groups is 1. The summed E-state index contributed by atoms with van der Waals surface area (Å²) in [7, 11) is -3.45. The van der Waals surface area contributed by atoms with Crippen LogP contribution in [0.5, 0.6) is 0 Å². The third-order valence-corrected chi connectivity index (χ3v) is 4.02. The van der Waals surface area contributed by atoms with Gasteiger partial charge in [0.15, 0.2) is 0 Å². The molecule has 0 aromatic rings. The van der Waals surface area contributed by atoms with E-state index in [4.69, 9.17) is 10.5 Å². The topological polar surface area (TPSA) is 81.4 Å². The van der Waals surface area contributed by atoms with Gasteiger partial charge in [0.1, 0.15) is 5.25 Å². The molecule has 1 unspecified atom stereocenters. The minimum Gasteiger partial charge on any atom is -0.392 e. The molecule has 5 nitrogen and oxygen atoms in total. The lowest BCUT2D eigenvalue weighted by molar-refractivity contribution is 0.0834. The molecule has 0 heterocycles. The van der Waals surface area contributed by atoms with Crippen molar-refractivity contribution in [3.63, 3.8) is 0 Å². The average Bonchev–Trinajstić information content (AvgIpc) is 2.10. The molecule has 0 amide bonds. The smallest absolute Gasteiger partial charge is 0.220 e. The van der Waals surface area contributed by atoms with Crippen molar-refractivity contribution >= 4 is 27.2 Å². The Balaban J connectivity index is 4.01. The number of nitrogens with one attached hydrogen (secondary N) is 1. The summed E-state index contributed by atoms with van der Waals surface area (Å²) in [5.41, 5.74) is 5.26. The predicted octanol–water partition coefficient (Wildman–Crippen LogP) is 0.00540. The Morgan fingerprint density at radius 1 is 1.47 bits per heavy atom. The van der Waals surface area contributed by atoms with Crippen LogP contribution in [0.25, 0.3) is 0 Å². The fourth-order valence-corrected chi connectivity index (χ4v) is 2.06. The van der Waals surface area contributed by atoms with Crippen LogP contribution in [0.4, 0.5) is 0 Å². The first-order chi connectivity index (χ1) is 6.77. The summed E-state index contributed by atoms with van der Waals surface area (Å²) in [6, 6.07) is 0. The standard InChI is InChI=1S/C8H18N2O3S2/c1-6(2)13-5-4-10-15(11,12)7(3)8(9)14/h6-7,10H,4-5H2,1-3H3,(H2,9,14). The maximum Gasteiger partial charge on any atom is 0.220 e. The van der Waals surface area contributed by atoms with E-state index in [1.54, 1.807) is 0 Å². The van der Waals surface area contributed by atoms with Gasteiger partial charge in [0.25, 0.3) is 0 Å². The molecule has 0 aliphatic carbocycles. The molecule has 0 aromatic heterocycles. The van der Waals surface area contributed by atoms with E-state index in [0.29, 0.717) is 6.61 Å². The zero-order chi connectivity index (χ0) is 12.1. The Morgan fingerprint density at radius 3 is 2.40 bits per heavy atom. The van der Waals surface area contributed by atoms with Crippen molar-refractivity contribution in [2.45, 2.75) is 32.1 Å².